The molecule has 1 fully saturated rings. The number of likely N-dealkylation sites (N-methyl/N-ethyl adjacent to an activating group) is 1. The molecule has 8 nitrogen and oxygen atoms in total. The Balaban J connectivity index is 0.00000364. The third-order valence-electron chi connectivity index (χ3n) is 4.85. The van der Waals surface area contributed by atoms with E-state index in [1.165, 1.54) is 0 Å². The number of hydrogen-bond donors (Lipinski definition) is 3. The van der Waals surface area contributed by atoms with Crippen molar-refractivity contribution in [3.8, 4) is 0 Å². The van der Waals surface area contributed by atoms with Gasteiger partial charge in [0.2, 0.25) is 0 Å². The first kappa shape index (κ1) is 24.1. The summed E-state index contributed by atoms with van der Waals surface area (Å²) in [6, 6.07) is 0. The molecular weight excluding hydrogens is 457 g/mol. The predicted molar refractivity (Wildman–Crippen MR) is 121 cm³/mol. The Labute approximate surface area is 180 Å². The van der Waals surface area contributed by atoms with Crippen LogP contribution in [0, 0.1) is 0 Å². The van der Waals surface area contributed by atoms with Gasteiger partial charge in [-0.05, 0) is 20.4 Å². The number of guanidine groups is 1. The zero-order chi connectivity index (χ0) is 19.0. The van der Waals surface area contributed by atoms with E-state index in [4.69, 9.17) is 0 Å². The molecule has 1 aromatic rings. The van der Waals surface area contributed by atoms with E-state index in [0.717, 1.165) is 63.9 Å². The zero-order valence-corrected chi connectivity index (χ0v) is 19.4. The lowest BCUT2D eigenvalue weighted by molar-refractivity contribution is 0.0671. The molecule has 0 radical (unpaired) electrons. The van der Waals surface area contributed by atoms with Crippen LogP contribution >= 0.6 is 24.0 Å². The molecule has 0 aliphatic carbocycles. The van der Waals surface area contributed by atoms with Crippen molar-refractivity contribution in [3.05, 3.63) is 18.0 Å². The van der Waals surface area contributed by atoms with Gasteiger partial charge in [-0.25, -0.2) is 4.99 Å². The summed E-state index contributed by atoms with van der Waals surface area (Å²) in [6.45, 7) is 14.6. The topological polar surface area (TPSA) is 80.9 Å². The van der Waals surface area contributed by atoms with Crippen LogP contribution in [0.15, 0.2) is 17.4 Å². The fourth-order valence-electron chi connectivity index (χ4n) is 3.03. The second-order valence-electron chi connectivity index (χ2n) is 7.07. The molecule has 0 spiro atoms. The summed E-state index contributed by atoms with van der Waals surface area (Å²) in [7, 11) is 1.84. The number of aryl methyl sites for hydroxylation is 1. The number of aliphatic imine (C=N–C) groups is 1. The van der Waals surface area contributed by atoms with Crippen LogP contribution in [0.3, 0.4) is 0 Å². The van der Waals surface area contributed by atoms with Crippen LogP contribution < -0.4 is 10.6 Å². The van der Waals surface area contributed by atoms with Crippen molar-refractivity contribution in [1.29, 1.82) is 0 Å². The maximum Gasteiger partial charge on any atom is 0.191 e. The number of hydrogen-bond acceptors (Lipinski definition) is 5. The van der Waals surface area contributed by atoms with Crippen molar-refractivity contribution < 1.29 is 5.11 Å². The Bertz CT molecular complexity index is 568. The largest absolute Gasteiger partial charge is 0.383 e. The van der Waals surface area contributed by atoms with Gasteiger partial charge in [-0.3, -0.25) is 9.58 Å². The lowest BCUT2D eigenvalue weighted by atomic mass is 10.0. The Morgan fingerprint density at radius 1 is 1.22 bits per heavy atom. The summed E-state index contributed by atoms with van der Waals surface area (Å²) in [5, 5.41) is 21.4. The normalized spacial score (nSPS) is 18.6. The second kappa shape index (κ2) is 11.8. The first-order valence-electron chi connectivity index (χ1n) is 9.63. The van der Waals surface area contributed by atoms with Gasteiger partial charge >= 0.3 is 0 Å². The van der Waals surface area contributed by atoms with Gasteiger partial charge in [-0.1, -0.05) is 6.92 Å². The highest BCUT2D eigenvalue weighted by atomic mass is 127. The molecule has 1 saturated heterocycles. The standard InChI is InChI=1S/C18H35N7O.HI/c1-5-19-17(20-7-8-25-11-9-24(6-2)10-12-25)21-15-18(3,26)16-13-22-23(4)14-16;/h13-14,26H,5-12,15H2,1-4H3,(H2,19,20,21);1H. The SMILES string of the molecule is CCNC(=NCC(C)(O)c1cnn(C)c1)NCCN1CCN(CC)CC1.I. The number of aliphatic hydroxyl groups is 1. The fraction of sp³-hybridized carbons (Fsp3) is 0.778. The number of aromatic nitrogens is 2. The van der Waals surface area contributed by atoms with Gasteiger partial charge < -0.3 is 20.6 Å². The van der Waals surface area contributed by atoms with Gasteiger partial charge in [0.25, 0.3) is 0 Å². The van der Waals surface area contributed by atoms with Crippen molar-refractivity contribution in [1.82, 2.24) is 30.2 Å². The quantitative estimate of drug-likeness (QED) is 0.277. The first-order chi connectivity index (χ1) is 12.4. The lowest BCUT2D eigenvalue weighted by Gasteiger charge is -2.34. The van der Waals surface area contributed by atoms with Crippen LogP contribution in [0.25, 0.3) is 0 Å². The second-order valence-corrected chi connectivity index (χ2v) is 7.07. The maximum atomic E-state index is 10.7. The molecule has 1 atom stereocenters. The predicted octanol–water partition coefficient (Wildman–Crippen LogP) is 0.438. The fourth-order valence-corrected chi connectivity index (χ4v) is 3.03. The van der Waals surface area contributed by atoms with E-state index in [1.807, 2.05) is 20.2 Å². The van der Waals surface area contributed by atoms with Gasteiger partial charge in [-0.2, -0.15) is 5.10 Å². The van der Waals surface area contributed by atoms with Crippen molar-refractivity contribution in [2.75, 3.05) is 58.9 Å². The van der Waals surface area contributed by atoms with Gasteiger partial charge in [0.15, 0.2) is 5.96 Å². The number of halogens is 1. The Morgan fingerprint density at radius 2 is 1.89 bits per heavy atom. The minimum absolute atomic E-state index is 0. The summed E-state index contributed by atoms with van der Waals surface area (Å²) in [5.74, 6) is 0.740. The summed E-state index contributed by atoms with van der Waals surface area (Å²) in [5.41, 5.74) is -0.263. The molecule has 0 bridgehead atoms. The summed E-state index contributed by atoms with van der Waals surface area (Å²) >= 11 is 0. The van der Waals surface area contributed by atoms with Gasteiger partial charge in [0, 0.05) is 64.6 Å². The smallest absolute Gasteiger partial charge is 0.191 e. The molecule has 9 heteroatoms. The van der Waals surface area contributed by atoms with E-state index in [-0.39, 0.29) is 30.5 Å². The highest BCUT2D eigenvalue weighted by molar-refractivity contribution is 14.0. The molecule has 27 heavy (non-hydrogen) atoms. The van der Waals surface area contributed by atoms with Crippen molar-refractivity contribution in [2.45, 2.75) is 26.4 Å². The molecular formula is C18H36IN7O. The summed E-state index contributed by atoms with van der Waals surface area (Å²) in [4.78, 5) is 9.52. The van der Waals surface area contributed by atoms with Gasteiger partial charge in [0.1, 0.15) is 5.60 Å². The van der Waals surface area contributed by atoms with E-state index in [1.54, 1.807) is 17.8 Å². The molecule has 3 N–H and O–H groups in total. The molecule has 1 aliphatic heterocycles. The molecule has 1 unspecified atom stereocenters. The molecule has 1 aliphatic rings. The van der Waals surface area contributed by atoms with Crippen LogP contribution in [0.4, 0.5) is 0 Å². The third-order valence-corrected chi connectivity index (χ3v) is 4.85. The maximum absolute atomic E-state index is 10.7. The number of nitrogens with one attached hydrogen (secondary N) is 2. The van der Waals surface area contributed by atoms with Crippen LogP contribution in [0.5, 0.6) is 0 Å². The van der Waals surface area contributed by atoms with Crippen molar-refractivity contribution in [3.63, 3.8) is 0 Å². The van der Waals surface area contributed by atoms with Crippen LogP contribution in [0.2, 0.25) is 0 Å². The van der Waals surface area contributed by atoms with E-state index >= 15 is 0 Å². The lowest BCUT2D eigenvalue weighted by Crippen LogP contribution is -2.49. The average Bonchev–Trinajstić information content (AvgIpc) is 3.08. The van der Waals surface area contributed by atoms with E-state index < -0.39 is 5.60 Å². The summed E-state index contributed by atoms with van der Waals surface area (Å²) in [6.07, 6.45) is 3.51. The van der Waals surface area contributed by atoms with E-state index in [9.17, 15) is 5.11 Å². The molecule has 2 rings (SSSR count). The molecule has 0 aromatic carbocycles. The minimum atomic E-state index is -1.03. The van der Waals surface area contributed by atoms with Crippen molar-refractivity contribution >= 4 is 29.9 Å². The molecule has 0 saturated carbocycles. The first-order valence-corrected chi connectivity index (χ1v) is 9.63. The zero-order valence-electron chi connectivity index (χ0n) is 17.1. The number of piperazine rings is 1. The van der Waals surface area contributed by atoms with Crippen LogP contribution in [0.1, 0.15) is 26.3 Å². The summed E-state index contributed by atoms with van der Waals surface area (Å²) < 4.78 is 1.69. The molecule has 0 amide bonds. The Morgan fingerprint density at radius 3 is 2.44 bits per heavy atom. The Kier molecular flexibility index (Phi) is 10.6. The highest BCUT2D eigenvalue weighted by Crippen LogP contribution is 2.19. The molecule has 1 aromatic heterocycles. The molecule has 156 valence electrons. The van der Waals surface area contributed by atoms with E-state index in [0.29, 0.717) is 0 Å². The number of rotatable bonds is 8. The van der Waals surface area contributed by atoms with E-state index in [2.05, 4.69) is 37.4 Å². The third kappa shape index (κ3) is 7.92. The minimum Gasteiger partial charge on any atom is -0.383 e. The average molecular weight is 493 g/mol. The molecule has 2 heterocycles. The van der Waals surface area contributed by atoms with Gasteiger partial charge in [-0.15, -0.1) is 24.0 Å². The number of nitrogens with zero attached hydrogens (tertiary/aromatic N) is 5. The highest BCUT2D eigenvalue weighted by Gasteiger charge is 2.24. The van der Waals surface area contributed by atoms with Crippen molar-refractivity contribution in [2.24, 2.45) is 12.0 Å². The van der Waals surface area contributed by atoms with Crippen LogP contribution in [-0.4, -0.2) is 89.5 Å². The monoisotopic (exact) mass is 493 g/mol. The Hall–Kier alpha value is -0.910. The van der Waals surface area contributed by atoms with Gasteiger partial charge in [0.05, 0.1) is 12.7 Å². The van der Waals surface area contributed by atoms with Crippen LogP contribution in [-0.2, 0) is 12.6 Å².